The van der Waals surface area contributed by atoms with E-state index in [-0.39, 0.29) is 11.8 Å². The van der Waals surface area contributed by atoms with Crippen molar-refractivity contribution in [1.29, 1.82) is 0 Å². The van der Waals surface area contributed by atoms with E-state index in [0.717, 1.165) is 45.6 Å². The van der Waals surface area contributed by atoms with E-state index in [1.165, 1.54) is 15.3 Å². The molecule has 0 aliphatic carbocycles. The number of ether oxygens (including phenoxy) is 1. The molecule has 0 bridgehead atoms. The van der Waals surface area contributed by atoms with Crippen LogP contribution >= 0.6 is 0 Å². The molecule has 6 aromatic rings. The fourth-order valence-electron chi connectivity index (χ4n) is 7.32. The van der Waals surface area contributed by atoms with Crippen LogP contribution in [0.4, 0.5) is 39.8 Å². The standard InChI is InChI=1S/C40H29N3O3Si/c1-47(2)37-21-11-7-17-33(37)42(34-18-8-12-22-38(34)47)27-23-26(24-28(25-27)43-39(44)29-13-3-4-14-30(29)40(43)45)41-31-15-5-9-19-35(31)46-36-20-10-6-16-32(36)41/h3-25H,1-2H3. The first-order chi connectivity index (χ1) is 22.9. The molecule has 6 aromatic carbocycles. The summed E-state index contributed by atoms with van der Waals surface area (Å²) in [5, 5.41) is 2.65. The summed E-state index contributed by atoms with van der Waals surface area (Å²) in [6, 6.07) is 46.2. The van der Waals surface area contributed by atoms with Crippen LogP contribution in [0, 0.1) is 0 Å². The molecule has 0 N–H and O–H groups in total. The van der Waals surface area contributed by atoms with Gasteiger partial charge in [0.15, 0.2) is 11.5 Å². The topological polar surface area (TPSA) is 53.1 Å². The van der Waals surface area contributed by atoms with Gasteiger partial charge in [0.25, 0.3) is 11.8 Å². The molecule has 0 fully saturated rings. The van der Waals surface area contributed by atoms with Gasteiger partial charge in [0.1, 0.15) is 8.07 Å². The molecule has 226 valence electrons. The molecule has 6 nitrogen and oxygen atoms in total. The van der Waals surface area contributed by atoms with Crippen molar-refractivity contribution < 1.29 is 14.3 Å². The highest BCUT2D eigenvalue weighted by molar-refractivity contribution is 7.02. The second-order valence-electron chi connectivity index (χ2n) is 12.6. The van der Waals surface area contributed by atoms with Gasteiger partial charge in [-0.3, -0.25) is 9.59 Å². The second kappa shape index (κ2) is 10.0. The van der Waals surface area contributed by atoms with Gasteiger partial charge in [-0.2, -0.15) is 0 Å². The maximum Gasteiger partial charge on any atom is 0.266 e. The zero-order valence-electron chi connectivity index (χ0n) is 25.8. The first-order valence-corrected chi connectivity index (χ1v) is 18.7. The molecule has 3 aliphatic rings. The van der Waals surface area contributed by atoms with Crippen molar-refractivity contribution in [3.05, 3.63) is 151 Å². The number of rotatable bonds is 3. The summed E-state index contributed by atoms with van der Waals surface area (Å²) < 4.78 is 6.33. The molecule has 0 saturated carbocycles. The molecule has 0 radical (unpaired) electrons. The zero-order valence-corrected chi connectivity index (χ0v) is 26.8. The van der Waals surface area contributed by atoms with Gasteiger partial charge in [-0.15, -0.1) is 0 Å². The Morgan fingerprint density at radius 1 is 0.447 bits per heavy atom. The van der Waals surface area contributed by atoms with Crippen LogP contribution in [0.1, 0.15) is 20.7 Å². The van der Waals surface area contributed by atoms with Crippen LogP contribution < -0.4 is 29.8 Å². The first kappa shape index (κ1) is 27.4. The third-order valence-electron chi connectivity index (χ3n) is 9.52. The number of carbonyl (C=O) groups is 2. The van der Waals surface area contributed by atoms with Gasteiger partial charge in [0.2, 0.25) is 0 Å². The highest BCUT2D eigenvalue weighted by Crippen LogP contribution is 2.52. The molecule has 47 heavy (non-hydrogen) atoms. The van der Waals surface area contributed by atoms with Gasteiger partial charge in [-0.1, -0.05) is 85.9 Å². The van der Waals surface area contributed by atoms with Crippen LogP contribution in [0.3, 0.4) is 0 Å². The number of hydrogen-bond acceptors (Lipinski definition) is 5. The van der Waals surface area contributed by atoms with E-state index in [1.54, 1.807) is 24.3 Å². The van der Waals surface area contributed by atoms with Crippen LogP contribution in [0.25, 0.3) is 0 Å². The number of imide groups is 1. The normalized spacial score (nSPS) is 15.3. The smallest absolute Gasteiger partial charge is 0.266 e. The maximum atomic E-state index is 13.9. The van der Waals surface area contributed by atoms with Crippen molar-refractivity contribution in [2.45, 2.75) is 13.1 Å². The summed E-state index contributed by atoms with van der Waals surface area (Å²) >= 11 is 0. The van der Waals surface area contributed by atoms with Gasteiger partial charge in [-0.05, 0) is 77.1 Å². The zero-order chi connectivity index (χ0) is 31.9. The lowest BCUT2D eigenvalue weighted by Crippen LogP contribution is -2.58. The molecule has 0 aromatic heterocycles. The van der Waals surface area contributed by atoms with Crippen LogP contribution in [0.5, 0.6) is 11.5 Å². The molecule has 0 atom stereocenters. The fraction of sp³-hybridized carbons (Fsp3) is 0.0500. The molecule has 2 amide bonds. The lowest BCUT2D eigenvalue weighted by atomic mass is 10.1. The molecule has 0 unspecified atom stereocenters. The molecule has 0 spiro atoms. The minimum absolute atomic E-state index is 0.329. The van der Waals surface area contributed by atoms with Gasteiger partial charge in [0, 0.05) is 11.4 Å². The quantitative estimate of drug-likeness (QED) is 0.145. The van der Waals surface area contributed by atoms with E-state index in [1.807, 2.05) is 60.7 Å². The Morgan fingerprint density at radius 3 is 1.30 bits per heavy atom. The van der Waals surface area contributed by atoms with Gasteiger partial charge in [-0.25, -0.2) is 4.90 Å². The Morgan fingerprint density at radius 2 is 0.809 bits per heavy atom. The Kier molecular flexibility index (Phi) is 5.85. The largest absolute Gasteiger partial charge is 0.453 e. The third-order valence-corrected chi connectivity index (χ3v) is 13.1. The minimum atomic E-state index is -2.04. The third kappa shape index (κ3) is 3.96. The molecular formula is C40H29N3O3Si. The SMILES string of the molecule is C[Si]1(C)c2ccccc2N(c2cc(N3C(=O)c4ccccc4C3=O)cc(N3c4ccccc4Oc4ccccc43)c2)c2ccccc21. The highest BCUT2D eigenvalue weighted by Gasteiger charge is 2.40. The van der Waals surface area contributed by atoms with E-state index in [4.69, 9.17) is 4.74 Å². The number of amides is 2. The number of anilines is 7. The first-order valence-electron chi connectivity index (χ1n) is 15.7. The van der Waals surface area contributed by atoms with Crippen molar-refractivity contribution in [3.63, 3.8) is 0 Å². The van der Waals surface area contributed by atoms with Crippen LogP contribution in [0.2, 0.25) is 13.1 Å². The number of hydrogen-bond donors (Lipinski definition) is 0. The summed E-state index contributed by atoms with van der Waals surface area (Å²) in [7, 11) is -2.04. The lowest BCUT2D eigenvalue weighted by Gasteiger charge is -2.41. The summed E-state index contributed by atoms with van der Waals surface area (Å²) in [5.74, 6) is 0.787. The average Bonchev–Trinajstić information content (AvgIpc) is 3.36. The summed E-state index contributed by atoms with van der Waals surface area (Å²) in [4.78, 5) is 33.6. The van der Waals surface area contributed by atoms with Gasteiger partial charge in [0.05, 0.1) is 39.6 Å². The molecule has 0 saturated heterocycles. The van der Waals surface area contributed by atoms with Gasteiger partial charge >= 0.3 is 0 Å². The summed E-state index contributed by atoms with van der Waals surface area (Å²) in [5.41, 5.74) is 6.92. The molecule has 3 heterocycles. The van der Waals surface area contributed by atoms with Crippen molar-refractivity contribution in [2.75, 3.05) is 14.7 Å². The van der Waals surface area contributed by atoms with E-state index >= 15 is 0 Å². The number of fused-ring (bicyclic) bond motifs is 5. The van der Waals surface area contributed by atoms with E-state index in [0.29, 0.717) is 16.8 Å². The Labute approximate surface area is 273 Å². The second-order valence-corrected chi connectivity index (χ2v) is 16.9. The number of para-hydroxylation sites is 6. The van der Waals surface area contributed by atoms with Crippen LogP contribution in [-0.4, -0.2) is 19.9 Å². The molecule has 7 heteroatoms. The van der Waals surface area contributed by atoms with Crippen molar-refractivity contribution >= 4 is 70.1 Å². The molecule has 9 rings (SSSR count). The minimum Gasteiger partial charge on any atom is -0.453 e. The van der Waals surface area contributed by atoms with Crippen LogP contribution in [0.15, 0.2) is 140 Å². The number of nitrogens with zero attached hydrogens (tertiary/aromatic N) is 3. The van der Waals surface area contributed by atoms with Gasteiger partial charge < -0.3 is 14.5 Å². The van der Waals surface area contributed by atoms with E-state index in [2.05, 4.69) is 77.5 Å². The average molecular weight is 628 g/mol. The van der Waals surface area contributed by atoms with Crippen LogP contribution in [-0.2, 0) is 0 Å². The summed E-state index contributed by atoms with van der Waals surface area (Å²) in [6.45, 7) is 4.79. The molecule has 3 aliphatic heterocycles. The lowest BCUT2D eigenvalue weighted by molar-refractivity contribution is 0.0926. The molecular weight excluding hydrogens is 599 g/mol. The summed E-state index contributed by atoms with van der Waals surface area (Å²) in [6.07, 6.45) is 0. The Balaban J connectivity index is 1.33. The highest BCUT2D eigenvalue weighted by atomic mass is 28.3. The monoisotopic (exact) mass is 627 g/mol. The predicted molar refractivity (Wildman–Crippen MR) is 190 cm³/mol. The maximum absolute atomic E-state index is 13.9. The number of carbonyl (C=O) groups excluding carboxylic acids is 2. The fourth-order valence-corrected chi connectivity index (χ4v) is 10.3. The Hall–Kier alpha value is -5.92. The van der Waals surface area contributed by atoms with E-state index in [9.17, 15) is 9.59 Å². The van der Waals surface area contributed by atoms with Crippen molar-refractivity contribution in [2.24, 2.45) is 0 Å². The van der Waals surface area contributed by atoms with Crippen molar-refractivity contribution in [1.82, 2.24) is 0 Å². The predicted octanol–water partition coefficient (Wildman–Crippen LogP) is 8.67. The van der Waals surface area contributed by atoms with E-state index < -0.39 is 8.07 Å². The van der Waals surface area contributed by atoms with Crippen molar-refractivity contribution in [3.8, 4) is 11.5 Å². The Bertz CT molecular complexity index is 2170. The number of benzene rings is 6.